The van der Waals surface area contributed by atoms with Gasteiger partial charge >= 0.3 is 0 Å². The summed E-state index contributed by atoms with van der Waals surface area (Å²) in [5.41, 5.74) is 2.92. The molecular weight excluding hydrogens is 381 g/mol. The quantitative estimate of drug-likeness (QED) is 0.702. The zero-order valence-corrected chi connectivity index (χ0v) is 16.2. The molecule has 1 aliphatic rings. The van der Waals surface area contributed by atoms with E-state index in [9.17, 15) is 9.18 Å². The Hall–Kier alpha value is -3.00. The number of carbonyl (C=O) groups excluding carboxylic acids is 1. The van der Waals surface area contributed by atoms with Crippen molar-refractivity contribution >= 4 is 23.5 Å². The number of thioether (sulfide) groups is 1. The van der Waals surface area contributed by atoms with Crippen LogP contribution in [-0.2, 0) is 11.5 Å². The van der Waals surface area contributed by atoms with Gasteiger partial charge in [0, 0.05) is 17.1 Å². The molecule has 1 aromatic heterocycles. The molecule has 0 atom stereocenters. The van der Waals surface area contributed by atoms with E-state index in [2.05, 4.69) is 10.4 Å². The summed E-state index contributed by atoms with van der Waals surface area (Å²) < 4.78 is 25.6. The fourth-order valence-corrected chi connectivity index (χ4v) is 4.19. The van der Waals surface area contributed by atoms with Crippen molar-refractivity contribution in [2.24, 2.45) is 0 Å². The Labute approximate surface area is 165 Å². The van der Waals surface area contributed by atoms with Crippen molar-refractivity contribution in [2.75, 3.05) is 19.5 Å². The van der Waals surface area contributed by atoms with Crippen LogP contribution in [-0.4, -0.2) is 29.9 Å². The van der Waals surface area contributed by atoms with Crippen molar-refractivity contribution in [2.45, 2.75) is 11.5 Å². The summed E-state index contributed by atoms with van der Waals surface area (Å²) in [4.78, 5) is 13.0. The smallest absolute Gasteiger partial charge is 0.260 e. The Kier molecular flexibility index (Phi) is 4.95. The average molecular weight is 399 g/mol. The van der Waals surface area contributed by atoms with Gasteiger partial charge in [-0.2, -0.15) is 16.9 Å². The molecule has 0 aliphatic carbocycles. The highest BCUT2D eigenvalue weighted by atomic mass is 32.2. The number of nitrogens with one attached hydrogen (secondary N) is 1. The molecule has 28 heavy (non-hydrogen) atoms. The highest BCUT2D eigenvalue weighted by Crippen LogP contribution is 2.37. The van der Waals surface area contributed by atoms with Crippen molar-refractivity contribution in [3.63, 3.8) is 0 Å². The van der Waals surface area contributed by atoms with Crippen LogP contribution in [0.3, 0.4) is 0 Å². The molecule has 0 saturated carbocycles. The van der Waals surface area contributed by atoms with Gasteiger partial charge in [-0.25, -0.2) is 9.07 Å². The minimum absolute atomic E-state index is 0.328. The molecule has 2 aromatic carbocycles. The number of methoxy groups -OCH3 is 2. The van der Waals surface area contributed by atoms with E-state index in [0.29, 0.717) is 28.6 Å². The molecule has 4 rings (SSSR count). The summed E-state index contributed by atoms with van der Waals surface area (Å²) in [6, 6.07) is 11.1. The Morgan fingerprint density at radius 2 is 1.93 bits per heavy atom. The Morgan fingerprint density at radius 1 is 1.14 bits per heavy atom. The summed E-state index contributed by atoms with van der Waals surface area (Å²) in [5.74, 6) is 2.28. The van der Waals surface area contributed by atoms with E-state index in [-0.39, 0.29) is 11.7 Å². The first kappa shape index (κ1) is 18.4. The Bertz CT molecular complexity index is 1030. The number of para-hydroxylation sites is 1. The van der Waals surface area contributed by atoms with Gasteiger partial charge in [0.1, 0.15) is 11.6 Å². The van der Waals surface area contributed by atoms with Gasteiger partial charge in [-0.05, 0) is 36.4 Å². The molecule has 1 aliphatic heterocycles. The number of benzene rings is 2. The van der Waals surface area contributed by atoms with E-state index in [0.717, 1.165) is 22.8 Å². The second kappa shape index (κ2) is 7.55. The molecule has 1 amide bonds. The summed E-state index contributed by atoms with van der Waals surface area (Å²) >= 11 is 1.73. The lowest BCUT2D eigenvalue weighted by Gasteiger charge is -2.14. The van der Waals surface area contributed by atoms with E-state index in [4.69, 9.17) is 9.47 Å². The number of hydrogen-bond donors (Lipinski definition) is 1. The van der Waals surface area contributed by atoms with Crippen LogP contribution in [0.2, 0.25) is 0 Å². The molecule has 0 radical (unpaired) electrons. The third-order valence-electron chi connectivity index (χ3n) is 4.50. The number of anilines is 1. The number of fused-ring (bicyclic) bond motifs is 1. The van der Waals surface area contributed by atoms with Crippen molar-refractivity contribution < 1.29 is 18.7 Å². The number of halogens is 1. The van der Waals surface area contributed by atoms with E-state index >= 15 is 0 Å². The second-order valence-corrected chi connectivity index (χ2v) is 7.14. The topological polar surface area (TPSA) is 65.4 Å². The van der Waals surface area contributed by atoms with Crippen molar-refractivity contribution in [1.29, 1.82) is 0 Å². The third kappa shape index (κ3) is 3.20. The maximum atomic E-state index is 13.3. The first-order chi connectivity index (χ1) is 13.6. The maximum Gasteiger partial charge on any atom is 0.260 e. The van der Waals surface area contributed by atoms with Crippen LogP contribution in [0, 0.1) is 5.82 Å². The third-order valence-corrected chi connectivity index (χ3v) is 5.47. The highest BCUT2D eigenvalue weighted by molar-refractivity contribution is 7.98. The first-order valence-corrected chi connectivity index (χ1v) is 9.74. The van der Waals surface area contributed by atoms with Crippen LogP contribution < -0.4 is 14.8 Å². The molecule has 0 bridgehead atoms. The van der Waals surface area contributed by atoms with Gasteiger partial charge in [0.15, 0.2) is 11.5 Å². The van der Waals surface area contributed by atoms with E-state index in [1.807, 2.05) is 0 Å². The standard InChI is InChI=1S/C20H18FN3O3S/c1-26-17-5-3-4-14(18(17)27-2)20(25)22-19-15-10-28-11-16(15)23-24(19)13-8-6-12(21)7-9-13/h3-9H,10-11H2,1-2H3,(H,22,25). The number of aromatic nitrogens is 2. The molecule has 0 spiro atoms. The molecule has 144 valence electrons. The summed E-state index contributed by atoms with van der Waals surface area (Å²) in [5, 5.41) is 7.58. The number of nitrogens with zero attached hydrogens (tertiary/aromatic N) is 2. The van der Waals surface area contributed by atoms with Crippen molar-refractivity contribution in [3.05, 3.63) is 65.1 Å². The summed E-state index contributed by atoms with van der Waals surface area (Å²) in [6.45, 7) is 0. The van der Waals surface area contributed by atoms with Gasteiger partial charge in [-0.3, -0.25) is 4.79 Å². The zero-order valence-electron chi connectivity index (χ0n) is 15.4. The number of hydrogen-bond acceptors (Lipinski definition) is 5. The molecule has 3 aromatic rings. The van der Waals surface area contributed by atoms with Crippen LogP contribution in [0.1, 0.15) is 21.6 Å². The van der Waals surface area contributed by atoms with E-state index < -0.39 is 0 Å². The largest absolute Gasteiger partial charge is 0.493 e. The van der Waals surface area contributed by atoms with Gasteiger partial charge in [-0.15, -0.1) is 0 Å². The second-order valence-electron chi connectivity index (χ2n) is 6.15. The molecule has 0 fully saturated rings. The lowest BCUT2D eigenvalue weighted by Crippen LogP contribution is -2.17. The highest BCUT2D eigenvalue weighted by Gasteiger charge is 2.26. The Morgan fingerprint density at radius 3 is 2.64 bits per heavy atom. The minimum atomic E-state index is -0.335. The first-order valence-electron chi connectivity index (χ1n) is 8.59. The lowest BCUT2D eigenvalue weighted by molar-refractivity contribution is 0.102. The normalized spacial score (nSPS) is 12.5. The lowest BCUT2D eigenvalue weighted by atomic mass is 10.1. The molecule has 0 unspecified atom stereocenters. The SMILES string of the molecule is COc1cccc(C(=O)Nc2c3c(nn2-c2ccc(F)cc2)CSC3)c1OC. The predicted molar refractivity (Wildman–Crippen MR) is 106 cm³/mol. The molecule has 0 saturated heterocycles. The fourth-order valence-electron chi connectivity index (χ4n) is 3.15. The van der Waals surface area contributed by atoms with Crippen LogP contribution in [0.5, 0.6) is 11.5 Å². The number of rotatable bonds is 5. The van der Waals surface area contributed by atoms with Gasteiger partial charge in [-0.1, -0.05) is 6.07 Å². The maximum absolute atomic E-state index is 13.3. The van der Waals surface area contributed by atoms with Crippen LogP contribution in [0.4, 0.5) is 10.2 Å². The molecule has 6 nitrogen and oxygen atoms in total. The Balaban J connectivity index is 1.74. The van der Waals surface area contributed by atoms with Crippen LogP contribution in [0.25, 0.3) is 5.69 Å². The van der Waals surface area contributed by atoms with Gasteiger partial charge in [0.25, 0.3) is 5.91 Å². The summed E-state index contributed by atoms with van der Waals surface area (Å²) in [6.07, 6.45) is 0. The van der Waals surface area contributed by atoms with Crippen molar-refractivity contribution in [1.82, 2.24) is 9.78 Å². The van der Waals surface area contributed by atoms with Gasteiger partial charge < -0.3 is 14.8 Å². The van der Waals surface area contributed by atoms with E-state index in [1.54, 1.807) is 46.8 Å². The number of amides is 1. The van der Waals surface area contributed by atoms with Crippen molar-refractivity contribution in [3.8, 4) is 17.2 Å². The zero-order chi connectivity index (χ0) is 19.7. The minimum Gasteiger partial charge on any atom is -0.493 e. The summed E-state index contributed by atoms with van der Waals surface area (Å²) in [7, 11) is 3.01. The van der Waals surface area contributed by atoms with E-state index in [1.165, 1.54) is 26.4 Å². The predicted octanol–water partition coefficient (Wildman–Crippen LogP) is 4.03. The van der Waals surface area contributed by atoms with Gasteiger partial charge in [0.2, 0.25) is 0 Å². The molecule has 1 N–H and O–H groups in total. The molecule has 8 heteroatoms. The number of carbonyl (C=O) groups is 1. The van der Waals surface area contributed by atoms with Crippen LogP contribution >= 0.6 is 11.8 Å². The number of ether oxygens (including phenoxy) is 2. The monoisotopic (exact) mass is 399 g/mol. The van der Waals surface area contributed by atoms with Crippen LogP contribution in [0.15, 0.2) is 42.5 Å². The fraction of sp³-hybridized carbons (Fsp3) is 0.200. The average Bonchev–Trinajstić information content (AvgIpc) is 3.30. The molecule has 2 heterocycles. The van der Waals surface area contributed by atoms with Gasteiger partial charge in [0.05, 0.1) is 31.2 Å². The molecular formula is C20H18FN3O3S.